The Labute approximate surface area is 331 Å². The molecule has 2 heterocycles. The molecule has 5 heteroatoms. The number of rotatable bonds is 8. The van der Waals surface area contributed by atoms with Gasteiger partial charge in [0.2, 0.25) is 0 Å². The van der Waals surface area contributed by atoms with Crippen molar-refractivity contribution in [3.8, 4) is 44.8 Å². The minimum absolute atomic E-state index is 0.0839. The van der Waals surface area contributed by atoms with E-state index in [0.29, 0.717) is 5.56 Å². The molecule has 0 radical (unpaired) electrons. The molecule has 0 aliphatic heterocycles. The number of ether oxygens (including phenoxy) is 1. The maximum atomic E-state index is 12.4. The van der Waals surface area contributed by atoms with Gasteiger partial charge in [0, 0.05) is 27.5 Å². The fourth-order valence-electron chi connectivity index (χ4n) is 6.67. The molecule has 57 heavy (non-hydrogen) atoms. The molecule has 0 unspecified atom stereocenters. The molecule has 0 fully saturated rings. The van der Waals surface area contributed by atoms with E-state index in [1.165, 1.54) is 0 Å². The Balaban J connectivity index is 0.000000165. The predicted octanol–water partition coefficient (Wildman–Crippen LogP) is 12.7. The summed E-state index contributed by atoms with van der Waals surface area (Å²) in [5.74, 6) is -0.241. The highest BCUT2D eigenvalue weighted by atomic mass is 16.5. The summed E-state index contributed by atoms with van der Waals surface area (Å²) in [5.41, 5.74) is 12.6. The summed E-state index contributed by atoms with van der Waals surface area (Å²) in [5, 5.41) is 2.27. The van der Waals surface area contributed by atoms with Crippen molar-refractivity contribution >= 4 is 33.6 Å². The Morgan fingerprint density at radius 3 is 1.39 bits per heavy atom. The van der Waals surface area contributed by atoms with Crippen molar-refractivity contribution in [2.45, 2.75) is 13.5 Å². The van der Waals surface area contributed by atoms with Gasteiger partial charge < -0.3 is 4.74 Å². The molecule has 9 aromatic rings. The minimum atomic E-state index is -0.325. The second kappa shape index (κ2) is 16.9. The third-order valence-electron chi connectivity index (χ3n) is 9.80. The van der Waals surface area contributed by atoms with E-state index in [1.54, 1.807) is 6.92 Å². The lowest BCUT2D eigenvalue weighted by Gasteiger charge is -2.08. The molecule has 0 amide bonds. The Kier molecular flexibility index (Phi) is 10.8. The normalized spacial score (nSPS) is 10.8. The number of nitrogens with zero attached hydrogens (tertiary/aromatic N) is 2. The molecule has 5 nitrogen and oxygen atoms in total. The fraction of sp³-hybridized carbons (Fsp3) is 0.0385. The Morgan fingerprint density at radius 2 is 0.877 bits per heavy atom. The van der Waals surface area contributed by atoms with Crippen LogP contribution in [0.4, 0.5) is 0 Å². The topological polar surface area (TPSA) is 69.2 Å². The van der Waals surface area contributed by atoms with E-state index in [4.69, 9.17) is 14.7 Å². The molecule has 7 aromatic carbocycles. The van der Waals surface area contributed by atoms with Crippen LogP contribution in [-0.4, -0.2) is 21.7 Å². The van der Waals surface area contributed by atoms with Gasteiger partial charge in [-0.1, -0.05) is 152 Å². The zero-order chi connectivity index (χ0) is 39.0. The number of benzene rings is 7. The van der Waals surface area contributed by atoms with Gasteiger partial charge in [-0.25, -0.2) is 14.8 Å². The molecule has 0 saturated carbocycles. The largest absolute Gasteiger partial charge is 0.457 e. The molecule has 274 valence electrons. The van der Waals surface area contributed by atoms with Crippen LogP contribution in [0.3, 0.4) is 0 Å². The van der Waals surface area contributed by atoms with Gasteiger partial charge in [0.05, 0.1) is 28.0 Å². The minimum Gasteiger partial charge on any atom is -0.457 e. The number of hydrogen-bond acceptors (Lipinski definition) is 5. The standard InChI is InChI=1S/C29H21NO2.C23H17NO/c31-29(32-20-21-7-2-1-3-8-21)24-15-13-22(14-16-24)25-10-6-11-26(19-25)28-18-17-23-9-4-5-12-27(23)30-28;1-16(25)17-9-11-18(12-10-17)20-6-4-7-21(15-20)23-14-13-19-5-2-3-8-22(19)24-23/h1-19H,20H2;2-15H,1H3. The van der Waals surface area contributed by atoms with Crippen molar-refractivity contribution in [2.75, 3.05) is 0 Å². The zero-order valence-electron chi connectivity index (χ0n) is 31.4. The van der Waals surface area contributed by atoms with E-state index >= 15 is 0 Å². The van der Waals surface area contributed by atoms with Gasteiger partial charge in [-0.05, 0) is 83.3 Å². The molecule has 0 aliphatic rings. The van der Waals surface area contributed by atoms with Crippen molar-refractivity contribution in [2.24, 2.45) is 0 Å². The van der Waals surface area contributed by atoms with Crippen molar-refractivity contribution in [3.05, 3.63) is 217 Å². The number of fused-ring (bicyclic) bond motifs is 2. The summed E-state index contributed by atoms with van der Waals surface area (Å²) in [4.78, 5) is 33.4. The lowest BCUT2D eigenvalue weighted by molar-refractivity contribution is 0.0472. The predicted molar refractivity (Wildman–Crippen MR) is 231 cm³/mol. The third kappa shape index (κ3) is 8.75. The van der Waals surface area contributed by atoms with Crippen LogP contribution in [0.5, 0.6) is 0 Å². The van der Waals surface area contributed by atoms with Crippen LogP contribution in [0.2, 0.25) is 0 Å². The van der Waals surface area contributed by atoms with E-state index in [0.717, 1.165) is 77.7 Å². The molecule has 0 atom stereocenters. The maximum Gasteiger partial charge on any atom is 0.338 e. The van der Waals surface area contributed by atoms with E-state index < -0.39 is 0 Å². The average Bonchev–Trinajstić information content (AvgIpc) is 3.28. The van der Waals surface area contributed by atoms with E-state index in [2.05, 4.69) is 66.7 Å². The molecular formula is C52H38N2O3. The number of carbonyl (C=O) groups excluding carboxylic acids is 2. The van der Waals surface area contributed by atoms with Gasteiger partial charge in [0.15, 0.2) is 5.78 Å². The van der Waals surface area contributed by atoms with Crippen LogP contribution < -0.4 is 0 Å². The summed E-state index contributed by atoms with van der Waals surface area (Å²) >= 11 is 0. The number of para-hydroxylation sites is 2. The number of pyridine rings is 2. The quantitative estimate of drug-likeness (QED) is 0.115. The molecule has 2 aromatic heterocycles. The van der Waals surface area contributed by atoms with Crippen LogP contribution in [0.15, 0.2) is 200 Å². The van der Waals surface area contributed by atoms with Crippen LogP contribution in [-0.2, 0) is 11.3 Å². The number of carbonyl (C=O) groups is 2. The van der Waals surface area contributed by atoms with Crippen molar-refractivity contribution in [3.63, 3.8) is 0 Å². The first-order valence-electron chi connectivity index (χ1n) is 18.8. The third-order valence-corrected chi connectivity index (χ3v) is 9.80. The second-order valence-electron chi connectivity index (χ2n) is 13.7. The van der Waals surface area contributed by atoms with Gasteiger partial charge in [0.25, 0.3) is 0 Å². The summed E-state index contributed by atoms with van der Waals surface area (Å²) in [7, 11) is 0. The molecular weight excluding hydrogens is 701 g/mol. The van der Waals surface area contributed by atoms with E-state index in [-0.39, 0.29) is 18.4 Å². The Morgan fingerprint density at radius 1 is 0.421 bits per heavy atom. The van der Waals surface area contributed by atoms with Gasteiger partial charge in [-0.3, -0.25) is 4.79 Å². The second-order valence-corrected chi connectivity index (χ2v) is 13.7. The first-order chi connectivity index (χ1) is 28.0. The number of esters is 1. The van der Waals surface area contributed by atoms with E-state index in [9.17, 15) is 9.59 Å². The SMILES string of the molecule is CC(=O)c1ccc(-c2cccc(-c3ccc4ccccc4n3)c2)cc1.O=C(OCc1ccccc1)c1ccc(-c2cccc(-c3ccc4ccccc4n3)c2)cc1. The fourth-order valence-corrected chi connectivity index (χ4v) is 6.67. The molecule has 0 aliphatic carbocycles. The highest BCUT2D eigenvalue weighted by molar-refractivity contribution is 5.94. The van der Waals surface area contributed by atoms with Crippen LogP contribution >= 0.6 is 0 Å². The zero-order valence-corrected chi connectivity index (χ0v) is 31.4. The number of Topliss-reactive ketones (excluding diaryl/α,β-unsaturated/α-hetero) is 1. The smallest absolute Gasteiger partial charge is 0.338 e. The van der Waals surface area contributed by atoms with Crippen LogP contribution in [0, 0.1) is 0 Å². The molecule has 9 rings (SSSR count). The molecule has 0 spiro atoms. The number of aromatic nitrogens is 2. The molecule has 0 N–H and O–H groups in total. The average molecular weight is 739 g/mol. The highest BCUT2D eigenvalue weighted by Gasteiger charge is 2.10. The number of hydrogen-bond donors (Lipinski definition) is 0. The first-order valence-corrected chi connectivity index (χ1v) is 18.8. The van der Waals surface area contributed by atoms with Crippen molar-refractivity contribution in [1.29, 1.82) is 0 Å². The van der Waals surface area contributed by atoms with Crippen LogP contribution in [0.25, 0.3) is 66.6 Å². The van der Waals surface area contributed by atoms with Gasteiger partial charge in [0.1, 0.15) is 6.61 Å². The summed E-state index contributed by atoms with van der Waals surface area (Å²) in [6.07, 6.45) is 0. The monoisotopic (exact) mass is 738 g/mol. The highest BCUT2D eigenvalue weighted by Crippen LogP contribution is 2.29. The Bertz CT molecular complexity index is 2830. The summed E-state index contributed by atoms with van der Waals surface area (Å²) < 4.78 is 5.42. The lowest BCUT2D eigenvalue weighted by atomic mass is 9.99. The van der Waals surface area contributed by atoms with Gasteiger partial charge in [-0.2, -0.15) is 0 Å². The van der Waals surface area contributed by atoms with E-state index in [1.807, 2.05) is 133 Å². The van der Waals surface area contributed by atoms with Gasteiger partial charge >= 0.3 is 5.97 Å². The maximum absolute atomic E-state index is 12.4. The molecule has 0 bridgehead atoms. The lowest BCUT2D eigenvalue weighted by Crippen LogP contribution is -2.05. The first kappa shape index (κ1) is 36.5. The summed E-state index contributed by atoms with van der Waals surface area (Å²) in [6.45, 7) is 1.85. The van der Waals surface area contributed by atoms with Crippen LogP contribution in [0.1, 0.15) is 33.2 Å². The van der Waals surface area contributed by atoms with Gasteiger partial charge in [-0.15, -0.1) is 0 Å². The summed E-state index contributed by atoms with van der Waals surface area (Å²) in [6, 6.07) is 66.1. The van der Waals surface area contributed by atoms with Crippen molar-refractivity contribution < 1.29 is 14.3 Å². The van der Waals surface area contributed by atoms with Crippen molar-refractivity contribution in [1.82, 2.24) is 9.97 Å². The number of ketones is 1. The molecule has 0 saturated heterocycles. The Hall–Kier alpha value is -7.50.